The maximum absolute atomic E-state index is 8.65. The summed E-state index contributed by atoms with van der Waals surface area (Å²) in [5.41, 5.74) is 0. The molecule has 0 aromatic carbocycles. The van der Waals surface area contributed by atoms with E-state index in [2.05, 4.69) is 4.90 Å². The summed E-state index contributed by atoms with van der Waals surface area (Å²) in [6, 6.07) is 0.834. The Morgan fingerprint density at radius 1 is 1.06 bits per heavy atom. The molecule has 94 valence electrons. The average Bonchev–Trinajstić information content (AvgIpc) is 2.35. The molecule has 1 aliphatic heterocycles. The van der Waals surface area contributed by atoms with Gasteiger partial charge in [-0.15, -0.1) is 0 Å². The van der Waals surface area contributed by atoms with E-state index < -0.39 is 0 Å². The Kier molecular flexibility index (Phi) is 5.07. The van der Waals surface area contributed by atoms with Gasteiger partial charge in [-0.05, 0) is 38.1 Å². The molecule has 2 atom stereocenters. The van der Waals surface area contributed by atoms with Crippen LogP contribution in [0.25, 0.3) is 0 Å². The van der Waals surface area contributed by atoms with Crippen LogP contribution in [0.5, 0.6) is 0 Å². The molecule has 0 bridgehead atoms. The average molecular weight is 227 g/mol. The molecule has 1 saturated heterocycles. The molecular weight excluding hydrogens is 202 g/mol. The van der Waals surface area contributed by atoms with Crippen LogP contribution in [-0.4, -0.2) is 49.0 Å². The molecule has 0 aromatic rings. The van der Waals surface area contributed by atoms with E-state index in [1.165, 1.54) is 45.1 Å². The molecule has 16 heavy (non-hydrogen) atoms. The maximum atomic E-state index is 8.65. The van der Waals surface area contributed by atoms with Crippen LogP contribution in [0.4, 0.5) is 0 Å². The van der Waals surface area contributed by atoms with E-state index in [-0.39, 0.29) is 6.61 Å². The molecule has 1 N–H and O–H groups in total. The third-order valence-corrected chi connectivity index (χ3v) is 4.12. The lowest BCUT2D eigenvalue weighted by Crippen LogP contribution is -2.47. The first-order valence-electron chi connectivity index (χ1n) is 6.84. The second-order valence-corrected chi connectivity index (χ2v) is 5.13. The van der Waals surface area contributed by atoms with E-state index in [0.29, 0.717) is 6.61 Å². The minimum Gasteiger partial charge on any atom is -0.394 e. The molecule has 2 unspecified atom stereocenters. The van der Waals surface area contributed by atoms with Crippen LogP contribution in [-0.2, 0) is 4.74 Å². The summed E-state index contributed by atoms with van der Waals surface area (Å²) in [6.45, 7) is 3.72. The van der Waals surface area contributed by atoms with Crippen LogP contribution in [0.1, 0.15) is 38.5 Å². The van der Waals surface area contributed by atoms with Crippen molar-refractivity contribution in [2.24, 2.45) is 5.92 Å². The monoisotopic (exact) mass is 227 g/mol. The lowest BCUT2D eigenvalue weighted by Gasteiger charge is -2.44. The first kappa shape index (κ1) is 12.3. The molecule has 1 heterocycles. The smallest absolute Gasteiger partial charge is 0.0698 e. The quantitative estimate of drug-likeness (QED) is 0.725. The van der Waals surface area contributed by atoms with Gasteiger partial charge in [-0.25, -0.2) is 0 Å². The molecule has 2 aliphatic rings. The second-order valence-electron chi connectivity index (χ2n) is 5.13. The number of aliphatic hydroxyl groups is 1. The number of hydrogen-bond acceptors (Lipinski definition) is 3. The summed E-state index contributed by atoms with van der Waals surface area (Å²) in [7, 11) is 0. The molecule has 2 fully saturated rings. The SMILES string of the molecule is OCCOCCN1CCCC2CCCCC21. The molecule has 0 spiro atoms. The van der Waals surface area contributed by atoms with Crippen LogP contribution >= 0.6 is 0 Å². The minimum absolute atomic E-state index is 0.145. The third-order valence-electron chi connectivity index (χ3n) is 4.12. The van der Waals surface area contributed by atoms with Gasteiger partial charge in [-0.3, -0.25) is 4.90 Å². The summed E-state index contributed by atoms with van der Waals surface area (Å²) in [5, 5.41) is 8.65. The number of nitrogens with zero attached hydrogens (tertiary/aromatic N) is 1. The predicted octanol–water partition coefficient (Wildman–Crippen LogP) is 1.65. The van der Waals surface area contributed by atoms with Gasteiger partial charge in [0.05, 0.1) is 19.8 Å². The Hall–Kier alpha value is -0.120. The minimum atomic E-state index is 0.145. The van der Waals surface area contributed by atoms with Gasteiger partial charge in [0.15, 0.2) is 0 Å². The summed E-state index contributed by atoms with van der Waals surface area (Å²) in [4.78, 5) is 2.63. The third kappa shape index (κ3) is 3.19. The number of piperidine rings is 1. The molecule has 3 heteroatoms. The number of fused-ring (bicyclic) bond motifs is 1. The van der Waals surface area contributed by atoms with Crippen LogP contribution in [0.15, 0.2) is 0 Å². The van der Waals surface area contributed by atoms with Gasteiger partial charge in [0, 0.05) is 12.6 Å². The molecule has 0 amide bonds. The van der Waals surface area contributed by atoms with Crippen molar-refractivity contribution in [1.29, 1.82) is 0 Å². The zero-order chi connectivity index (χ0) is 11.2. The highest BCUT2D eigenvalue weighted by atomic mass is 16.5. The molecule has 0 radical (unpaired) electrons. The zero-order valence-corrected chi connectivity index (χ0v) is 10.2. The van der Waals surface area contributed by atoms with Gasteiger partial charge < -0.3 is 9.84 Å². The van der Waals surface area contributed by atoms with Gasteiger partial charge in [-0.2, -0.15) is 0 Å². The number of aliphatic hydroxyl groups excluding tert-OH is 1. The van der Waals surface area contributed by atoms with Gasteiger partial charge in [0.2, 0.25) is 0 Å². The van der Waals surface area contributed by atoms with E-state index in [4.69, 9.17) is 9.84 Å². The summed E-state index contributed by atoms with van der Waals surface area (Å²) in [5.74, 6) is 0.959. The van der Waals surface area contributed by atoms with E-state index in [0.717, 1.165) is 25.1 Å². The highest BCUT2D eigenvalue weighted by Gasteiger charge is 2.32. The van der Waals surface area contributed by atoms with Gasteiger partial charge in [0.1, 0.15) is 0 Å². The van der Waals surface area contributed by atoms with Crippen molar-refractivity contribution < 1.29 is 9.84 Å². The normalized spacial score (nSPS) is 31.3. The fraction of sp³-hybridized carbons (Fsp3) is 1.00. The van der Waals surface area contributed by atoms with E-state index >= 15 is 0 Å². The van der Waals surface area contributed by atoms with Crippen molar-refractivity contribution in [3.8, 4) is 0 Å². The summed E-state index contributed by atoms with van der Waals surface area (Å²) < 4.78 is 5.37. The Labute approximate surface area is 98.8 Å². The Morgan fingerprint density at radius 2 is 1.88 bits per heavy atom. The lowest BCUT2D eigenvalue weighted by molar-refractivity contribution is 0.0217. The van der Waals surface area contributed by atoms with Crippen molar-refractivity contribution in [3.63, 3.8) is 0 Å². The maximum Gasteiger partial charge on any atom is 0.0698 e. The zero-order valence-electron chi connectivity index (χ0n) is 10.2. The fourth-order valence-electron chi connectivity index (χ4n) is 3.35. The standard InChI is InChI=1S/C13H25NO2/c15-9-11-16-10-8-14-7-3-5-12-4-1-2-6-13(12)14/h12-13,15H,1-11H2. The van der Waals surface area contributed by atoms with Crippen molar-refractivity contribution in [1.82, 2.24) is 4.90 Å². The first-order valence-corrected chi connectivity index (χ1v) is 6.84. The van der Waals surface area contributed by atoms with Crippen LogP contribution in [0.3, 0.4) is 0 Å². The number of ether oxygens (including phenoxy) is 1. The topological polar surface area (TPSA) is 32.7 Å². The Balaban J connectivity index is 1.74. The Bertz CT molecular complexity index is 196. The van der Waals surface area contributed by atoms with Gasteiger partial charge in [0.25, 0.3) is 0 Å². The fourth-order valence-corrected chi connectivity index (χ4v) is 3.35. The van der Waals surface area contributed by atoms with Gasteiger partial charge >= 0.3 is 0 Å². The summed E-state index contributed by atoms with van der Waals surface area (Å²) in [6.07, 6.45) is 8.49. The lowest BCUT2D eigenvalue weighted by atomic mass is 9.78. The number of likely N-dealkylation sites (tertiary alicyclic amines) is 1. The number of hydrogen-bond donors (Lipinski definition) is 1. The van der Waals surface area contributed by atoms with E-state index in [9.17, 15) is 0 Å². The highest BCUT2D eigenvalue weighted by molar-refractivity contribution is 4.87. The Morgan fingerprint density at radius 3 is 2.75 bits per heavy atom. The van der Waals surface area contributed by atoms with Crippen LogP contribution in [0.2, 0.25) is 0 Å². The van der Waals surface area contributed by atoms with E-state index in [1.54, 1.807) is 0 Å². The summed E-state index contributed by atoms with van der Waals surface area (Å²) >= 11 is 0. The van der Waals surface area contributed by atoms with Crippen molar-refractivity contribution in [2.45, 2.75) is 44.6 Å². The highest BCUT2D eigenvalue weighted by Crippen LogP contribution is 2.34. The number of rotatable bonds is 5. The molecule has 2 rings (SSSR count). The van der Waals surface area contributed by atoms with Crippen molar-refractivity contribution >= 4 is 0 Å². The molecule has 3 nitrogen and oxygen atoms in total. The van der Waals surface area contributed by atoms with Crippen LogP contribution < -0.4 is 0 Å². The predicted molar refractivity (Wildman–Crippen MR) is 64.5 cm³/mol. The van der Waals surface area contributed by atoms with Crippen molar-refractivity contribution in [2.75, 3.05) is 32.9 Å². The molecular formula is C13H25NO2. The molecule has 1 aliphatic carbocycles. The van der Waals surface area contributed by atoms with Gasteiger partial charge in [-0.1, -0.05) is 12.8 Å². The first-order chi connectivity index (χ1) is 7.92. The second kappa shape index (κ2) is 6.58. The molecule has 0 aromatic heterocycles. The molecule has 1 saturated carbocycles. The van der Waals surface area contributed by atoms with Crippen LogP contribution in [0, 0.1) is 5.92 Å². The largest absolute Gasteiger partial charge is 0.394 e. The van der Waals surface area contributed by atoms with E-state index in [1.807, 2.05) is 0 Å². The van der Waals surface area contributed by atoms with Crippen molar-refractivity contribution in [3.05, 3.63) is 0 Å².